The van der Waals surface area contributed by atoms with Gasteiger partial charge in [-0.3, -0.25) is 14.5 Å². The summed E-state index contributed by atoms with van der Waals surface area (Å²) in [5, 5.41) is 0. The maximum absolute atomic E-state index is 13.5. The number of benzene rings is 1. The van der Waals surface area contributed by atoms with Crippen LogP contribution in [0, 0.1) is 23.6 Å². The number of fused-ring (bicyclic) bond motifs is 1. The highest BCUT2D eigenvalue weighted by Gasteiger charge is 2.66. The fourth-order valence-electron chi connectivity index (χ4n) is 2.76. The van der Waals surface area contributed by atoms with E-state index in [1.165, 1.54) is 6.07 Å². The Hall–Kier alpha value is -1.75. The molecule has 0 radical (unpaired) electrons. The lowest BCUT2D eigenvalue weighted by atomic mass is 10.2. The summed E-state index contributed by atoms with van der Waals surface area (Å²) in [6.45, 7) is 0.384. The van der Waals surface area contributed by atoms with Crippen molar-refractivity contribution in [3.05, 3.63) is 35.6 Å². The minimum atomic E-state index is -0.394. The van der Waals surface area contributed by atoms with Crippen LogP contribution in [0.1, 0.15) is 5.56 Å². The first-order chi connectivity index (χ1) is 8.65. The predicted molar refractivity (Wildman–Crippen MR) is 61.5 cm³/mol. The Morgan fingerprint density at radius 1 is 1.17 bits per heavy atom. The quantitative estimate of drug-likeness (QED) is 0.793. The molecule has 1 aliphatic heterocycles. The van der Waals surface area contributed by atoms with Crippen molar-refractivity contribution >= 4 is 11.8 Å². The molecule has 0 spiro atoms. The minimum Gasteiger partial charge on any atom is -0.330 e. The van der Waals surface area contributed by atoms with Crippen LogP contribution in [0.2, 0.25) is 0 Å². The number of nitrogens with zero attached hydrogens (tertiary/aromatic N) is 1. The Balaban J connectivity index is 1.79. The van der Waals surface area contributed by atoms with Gasteiger partial charge < -0.3 is 5.73 Å². The van der Waals surface area contributed by atoms with Crippen LogP contribution in [0.4, 0.5) is 4.39 Å². The lowest BCUT2D eigenvalue weighted by Gasteiger charge is -2.18. The van der Waals surface area contributed by atoms with Crippen LogP contribution >= 0.6 is 0 Å². The summed E-state index contributed by atoms with van der Waals surface area (Å²) in [5.41, 5.74) is 5.85. The van der Waals surface area contributed by atoms with Crippen LogP contribution < -0.4 is 5.73 Å². The first-order valence-electron chi connectivity index (χ1n) is 5.94. The van der Waals surface area contributed by atoms with E-state index in [0.717, 1.165) is 4.90 Å². The third-order valence-corrected chi connectivity index (χ3v) is 3.83. The average molecular weight is 248 g/mol. The van der Waals surface area contributed by atoms with E-state index in [1.54, 1.807) is 18.2 Å². The van der Waals surface area contributed by atoms with Gasteiger partial charge in [0, 0.05) is 5.56 Å². The third-order valence-electron chi connectivity index (χ3n) is 3.83. The molecule has 1 aromatic carbocycles. The van der Waals surface area contributed by atoms with Crippen molar-refractivity contribution in [1.29, 1.82) is 0 Å². The van der Waals surface area contributed by atoms with Gasteiger partial charge in [-0.05, 0) is 18.5 Å². The van der Waals surface area contributed by atoms with Crippen molar-refractivity contribution in [3.63, 3.8) is 0 Å². The summed E-state index contributed by atoms with van der Waals surface area (Å²) in [6, 6.07) is 6.17. The molecular formula is C13H13FN2O2. The molecule has 3 rings (SSSR count). The Morgan fingerprint density at radius 3 is 2.33 bits per heavy atom. The van der Waals surface area contributed by atoms with Crippen LogP contribution in [0.15, 0.2) is 24.3 Å². The largest absolute Gasteiger partial charge is 0.330 e. The number of imide groups is 1. The van der Waals surface area contributed by atoms with Crippen LogP contribution in [-0.2, 0) is 16.1 Å². The van der Waals surface area contributed by atoms with E-state index >= 15 is 0 Å². The Bertz CT molecular complexity index is 509. The maximum Gasteiger partial charge on any atom is 0.233 e. The zero-order valence-corrected chi connectivity index (χ0v) is 9.67. The molecule has 2 unspecified atom stereocenters. The molecule has 2 amide bonds. The monoisotopic (exact) mass is 248 g/mol. The summed E-state index contributed by atoms with van der Waals surface area (Å²) < 4.78 is 13.5. The molecule has 1 aliphatic carbocycles. The van der Waals surface area contributed by atoms with E-state index in [1.807, 2.05) is 0 Å². The van der Waals surface area contributed by atoms with Gasteiger partial charge in [-0.2, -0.15) is 0 Å². The topological polar surface area (TPSA) is 63.4 Å². The fraction of sp³-hybridized carbons (Fsp3) is 0.385. The smallest absolute Gasteiger partial charge is 0.233 e. The molecule has 1 aromatic rings. The second-order valence-corrected chi connectivity index (χ2v) is 4.81. The standard InChI is InChI=1S/C13H13FN2O2/c14-9-4-2-1-3-7(9)6-16-12(17)10-8(5-15)11(10)13(16)18/h1-4,8,10-11H,5-6,15H2. The number of carbonyl (C=O) groups is 2. The van der Waals surface area contributed by atoms with Crippen LogP contribution in [0.5, 0.6) is 0 Å². The van der Waals surface area contributed by atoms with Crippen molar-refractivity contribution in [3.8, 4) is 0 Å². The maximum atomic E-state index is 13.5. The van der Waals surface area contributed by atoms with Crippen LogP contribution in [0.3, 0.4) is 0 Å². The molecule has 5 heteroatoms. The number of likely N-dealkylation sites (tertiary alicyclic amines) is 1. The molecule has 2 N–H and O–H groups in total. The van der Waals surface area contributed by atoms with Gasteiger partial charge in [0.25, 0.3) is 0 Å². The Morgan fingerprint density at radius 2 is 1.78 bits per heavy atom. The second-order valence-electron chi connectivity index (χ2n) is 4.81. The normalized spacial score (nSPS) is 29.7. The van der Waals surface area contributed by atoms with Crippen LogP contribution in [-0.4, -0.2) is 23.3 Å². The average Bonchev–Trinajstić information content (AvgIpc) is 3.04. The van der Waals surface area contributed by atoms with Gasteiger partial charge in [0.05, 0.1) is 18.4 Å². The van der Waals surface area contributed by atoms with Crippen molar-refractivity contribution in [2.45, 2.75) is 6.54 Å². The van der Waals surface area contributed by atoms with Crippen molar-refractivity contribution in [2.75, 3.05) is 6.54 Å². The molecule has 4 nitrogen and oxygen atoms in total. The summed E-state index contributed by atoms with van der Waals surface area (Å²) >= 11 is 0. The van der Waals surface area contributed by atoms with Gasteiger partial charge in [0.1, 0.15) is 5.82 Å². The zero-order chi connectivity index (χ0) is 12.9. The lowest BCUT2D eigenvalue weighted by molar-refractivity contribution is -0.142. The predicted octanol–water partition coefficient (Wildman–Crippen LogP) is 0.515. The molecule has 0 aromatic heterocycles. The molecule has 2 aliphatic rings. The van der Waals surface area contributed by atoms with E-state index in [-0.39, 0.29) is 36.1 Å². The number of nitrogens with two attached hydrogens (primary N) is 1. The number of piperidine rings is 1. The lowest BCUT2D eigenvalue weighted by Crippen LogP contribution is -2.35. The molecule has 1 saturated carbocycles. The second kappa shape index (κ2) is 3.88. The summed E-state index contributed by atoms with van der Waals surface area (Å²) in [6.07, 6.45) is 0. The number of halogens is 1. The SMILES string of the molecule is NCC1C2C(=O)N(Cc3ccccc3F)C(=O)C12. The molecule has 1 saturated heterocycles. The molecule has 1 heterocycles. The third kappa shape index (κ3) is 1.47. The number of rotatable bonds is 3. The number of hydrogen-bond donors (Lipinski definition) is 1. The highest BCUT2D eigenvalue weighted by molar-refractivity contribution is 6.09. The van der Waals surface area contributed by atoms with Crippen molar-refractivity contribution < 1.29 is 14.0 Å². The summed E-state index contributed by atoms with van der Waals surface area (Å²) in [7, 11) is 0. The molecule has 0 bridgehead atoms. The number of hydrogen-bond acceptors (Lipinski definition) is 3. The minimum absolute atomic E-state index is 0.00173. The first kappa shape index (κ1) is 11.3. The van der Waals surface area contributed by atoms with E-state index in [4.69, 9.17) is 5.73 Å². The van der Waals surface area contributed by atoms with Gasteiger partial charge in [-0.15, -0.1) is 0 Å². The van der Waals surface area contributed by atoms with E-state index < -0.39 is 5.82 Å². The Kier molecular flexibility index (Phi) is 2.45. The van der Waals surface area contributed by atoms with Gasteiger partial charge in [-0.1, -0.05) is 18.2 Å². The molecule has 2 atom stereocenters. The fourth-order valence-corrected chi connectivity index (χ4v) is 2.76. The first-order valence-corrected chi connectivity index (χ1v) is 5.94. The van der Waals surface area contributed by atoms with Crippen molar-refractivity contribution in [1.82, 2.24) is 4.90 Å². The summed E-state index contributed by atoms with van der Waals surface area (Å²) in [5.74, 6) is -1.31. The van der Waals surface area contributed by atoms with E-state index in [2.05, 4.69) is 0 Å². The summed E-state index contributed by atoms with van der Waals surface area (Å²) in [4.78, 5) is 25.1. The number of amides is 2. The number of carbonyl (C=O) groups excluding carboxylic acids is 2. The zero-order valence-electron chi connectivity index (χ0n) is 9.67. The van der Waals surface area contributed by atoms with Gasteiger partial charge >= 0.3 is 0 Å². The van der Waals surface area contributed by atoms with Crippen molar-refractivity contribution in [2.24, 2.45) is 23.5 Å². The van der Waals surface area contributed by atoms with Gasteiger partial charge in [-0.25, -0.2) is 4.39 Å². The molecule has 2 fully saturated rings. The molecule has 18 heavy (non-hydrogen) atoms. The molecular weight excluding hydrogens is 235 g/mol. The highest BCUT2D eigenvalue weighted by Crippen LogP contribution is 2.52. The van der Waals surface area contributed by atoms with Crippen LogP contribution in [0.25, 0.3) is 0 Å². The van der Waals surface area contributed by atoms with Gasteiger partial charge in [0.2, 0.25) is 11.8 Å². The Labute approximate surface area is 104 Å². The van der Waals surface area contributed by atoms with Gasteiger partial charge in [0.15, 0.2) is 0 Å². The highest BCUT2D eigenvalue weighted by atomic mass is 19.1. The molecule has 94 valence electrons. The van der Waals surface area contributed by atoms with E-state index in [9.17, 15) is 14.0 Å². The van der Waals surface area contributed by atoms with E-state index in [0.29, 0.717) is 12.1 Å².